The van der Waals surface area contributed by atoms with E-state index in [1.54, 1.807) is 33.2 Å². The molecule has 0 bridgehead atoms. The maximum absolute atomic E-state index is 14.2. The van der Waals surface area contributed by atoms with Crippen molar-refractivity contribution in [2.24, 2.45) is 28.4 Å². The van der Waals surface area contributed by atoms with Crippen molar-refractivity contribution >= 4 is 29.0 Å². The van der Waals surface area contributed by atoms with Crippen LogP contribution in [-0.2, 0) is 25.6 Å². The van der Waals surface area contributed by atoms with Crippen LogP contribution in [-0.4, -0.2) is 79.9 Å². The Morgan fingerprint density at radius 1 is 1.08 bits per heavy atom. The van der Waals surface area contributed by atoms with Crippen molar-refractivity contribution in [1.29, 1.82) is 0 Å². The fourth-order valence-electron chi connectivity index (χ4n) is 7.37. The van der Waals surface area contributed by atoms with Crippen molar-refractivity contribution in [2.75, 3.05) is 14.1 Å². The van der Waals surface area contributed by atoms with E-state index in [9.17, 15) is 34.2 Å². The molecule has 11 nitrogen and oxygen atoms in total. The van der Waals surface area contributed by atoms with Gasteiger partial charge in [-0.2, -0.15) is 0 Å². The summed E-state index contributed by atoms with van der Waals surface area (Å²) >= 11 is 0. The van der Waals surface area contributed by atoms with Gasteiger partial charge in [0.1, 0.15) is 5.75 Å². The number of benzene rings is 1. The predicted octanol–water partition coefficient (Wildman–Crippen LogP) is 0.104. The van der Waals surface area contributed by atoms with E-state index in [2.05, 4.69) is 9.97 Å². The van der Waals surface area contributed by atoms with Gasteiger partial charge in [0.25, 0.3) is 0 Å². The fourth-order valence-corrected chi connectivity index (χ4v) is 7.37. The molecule has 0 aliphatic heterocycles. The molecule has 2 saturated carbocycles. The third-order valence-corrected chi connectivity index (χ3v) is 8.68. The highest BCUT2D eigenvalue weighted by Crippen LogP contribution is 2.62. The first-order valence-corrected chi connectivity index (χ1v) is 12.2. The third kappa shape index (κ3) is 3.05. The van der Waals surface area contributed by atoms with Gasteiger partial charge in [-0.05, 0) is 56.1 Å². The Hall–Kier alpha value is -3.83. The first-order chi connectivity index (χ1) is 17.7. The van der Waals surface area contributed by atoms with E-state index in [0.717, 1.165) is 0 Å². The van der Waals surface area contributed by atoms with Crippen LogP contribution in [0.15, 0.2) is 30.6 Å². The Morgan fingerprint density at radius 2 is 1.71 bits per heavy atom. The lowest BCUT2D eigenvalue weighted by Gasteiger charge is -2.61. The molecular weight excluding hydrogens is 492 g/mol. The number of rotatable bonds is 3. The molecule has 38 heavy (non-hydrogen) atoms. The van der Waals surface area contributed by atoms with Gasteiger partial charge in [0.15, 0.2) is 40.5 Å². The van der Waals surface area contributed by atoms with E-state index in [0.29, 0.717) is 17.0 Å². The maximum atomic E-state index is 14.2. The summed E-state index contributed by atoms with van der Waals surface area (Å²) in [6.45, 7) is 3.16. The number of hydrogen-bond donors (Lipinski definition) is 3. The second kappa shape index (κ2) is 8.08. The van der Waals surface area contributed by atoms with Gasteiger partial charge < -0.3 is 15.9 Å². The molecule has 0 radical (unpaired) electrons. The number of aromatic hydroxyl groups is 1. The molecule has 2 unspecified atom stereocenters. The van der Waals surface area contributed by atoms with Crippen LogP contribution >= 0.6 is 0 Å². The number of carbonyl (C=O) groups excluding carboxylic acids is 5. The zero-order valence-corrected chi connectivity index (χ0v) is 21.4. The molecule has 3 aliphatic carbocycles. The van der Waals surface area contributed by atoms with Gasteiger partial charge >= 0.3 is 0 Å². The average Bonchev–Trinajstić information content (AvgIpc) is 2.81. The van der Waals surface area contributed by atoms with Gasteiger partial charge in [0, 0.05) is 23.4 Å². The van der Waals surface area contributed by atoms with Gasteiger partial charge in [-0.25, -0.2) is 9.97 Å². The van der Waals surface area contributed by atoms with Gasteiger partial charge in [-0.3, -0.25) is 28.9 Å². The van der Waals surface area contributed by atoms with E-state index in [1.807, 2.05) is 0 Å². The largest absolute Gasteiger partial charge is 0.507 e. The van der Waals surface area contributed by atoms with Gasteiger partial charge in [-0.1, -0.05) is 13.8 Å². The van der Waals surface area contributed by atoms with Crippen LogP contribution in [0.25, 0.3) is 11.4 Å². The van der Waals surface area contributed by atoms with Gasteiger partial charge in [0.05, 0.1) is 17.5 Å². The fraction of sp³-hybridized carbons (Fsp3) is 0.444. The number of phenolic OH excluding ortho intramolecular Hbond substituents is 1. The minimum Gasteiger partial charge on any atom is -0.507 e. The normalized spacial score (nSPS) is 34.5. The molecule has 1 aromatic carbocycles. The Kier molecular flexibility index (Phi) is 5.49. The number of amides is 1. The van der Waals surface area contributed by atoms with E-state index >= 15 is 0 Å². The molecular formula is C27H28N4O7. The number of Topliss-reactive ketones (excluding diaryl/α,β-unsaturated/α-hetero) is 4. The van der Waals surface area contributed by atoms with Crippen LogP contribution < -0.4 is 5.73 Å². The number of hydrogen-bond acceptors (Lipinski definition) is 10. The lowest BCUT2D eigenvalue weighted by Crippen LogP contribution is -2.79. The molecule has 3 aliphatic rings. The topological polar surface area (TPSA) is 181 Å². The van der Waals surface area contributed by atoms with Crippen molar-refractivity contribution in [3.05, 3.63) is 41.7 Å². The Morgan fingerprint density at radius 3 is 2.29 bits per heavy atom. The number of likely N-dealkylation sites (N-methyl/N-ethyl adjacent to an activating group) is 1. The van der Waals surface area contributed by atoms with Crippen molar-refractivity contribution in [3.63, 3.8) is 0 Å². The monoisotopic (exact) mass is 520 g/mol. The van der Waals surface area contributed by atoms with Gasteiger partial charge in [0.2, 0.25) is 5.91 Å². The lowest BCUT2D eigenvalue weighted by molar-refractivity contribution is -0.203. The zero-order chi connectivity index (χ0) is 27.9. The first kappa shape index (κ1) is 25.8. The summed E-state index contributed by atoms with van der Waals surface area (Å²) in [7, 11) is 3.09. The zero-order valence-electron chi connectivity index (χ0n) is 21.4. The predicted molar refractivity (Wildman–Crippen MR) is 132 cm³/mol. The molecule has 0 spiro atoms. The first-order valence-electron chi connectivity index (χ1n) is 12.2. The number of nitrogens with two attached hydrogens (primary N) is 1. The molecule has 1 heterocycles. The molecule has 5 rings (SSSR count). The summed E-state index contributed by atoms with van der Waals surface area (Å²) in [4.78, 5) is 77.4. The van der Waals surface area contributed by atoms with Crippen molar-refractivity contribution < 1.29 is 34.2 Å². The SMILES string of the molecule is CN(C)[C@@H]1C(=O)C(C(N)=O)C(=O)[C@@]2(O)C(=O)C3C(=O)c4c(O)ccc(-c5ncccn5)c4C[C@@]3(C)C[C@@]12C. The summed E-state index contributed by atoms with van der Waals surface area (Å²) < 4.78 is 0. The second-order valence-corrected chi connectivity index (χ2v) is 11.3. The molecule has 1 aromatic heterocycles. The summed E-state index contributed by atoms with van der Waals surface area (Å²) in [5, 5.41) is 22.7. The number of nitrogens with zero attached hydrogens (tertiary/aromatic N) is 3. The highest BCUT2D eigenvalue weighted by atomic mass is 16.3. The standard InChI is InChI=1S/C27H28N4O7/c1-25-10-13-12(24-29-8-5-9-30-24)6-7-14(32)15(13)18(33)17(25)22(36)27(38)21(35)16(23(28)37)19(34)20(31(3)4)26(27,2)11-25/h5-9,16-17,20,32,38H,10-11H2,1-4H3,(H2,28,37)/t16?,17?,20-,25+,26+,27-/m1/s1. The van der Waals surface area contributed by atoms with E-state index in [4.69, 9.17) is 5.73 Å². The van der Waals surface area contributed by atoms with Crippen LogP contribution in [0.3, 0.4) is 0 Å². The quantitative estimate of drug-likeness (QED) is 0.470. The number of aromatic nitrogens is 2. The third-order valence-electron chi connectivity index (χ3n) is 8.68. The second-order valence-electron chi connectivity index (χ2n) is 11.3. The summed E-state index contributed by atoms with van der Waals surface area (Å²) in [5.74, 6) is -8.81. The highest BCUT2D eigenvalue weighted by Gasteiger charge is 2.76. The van der Waals surface area contributed by atoms with Crippen molar-refractivity contribution in [3.8, 4) is 17.1 Å². The maximum Gasteiger partial charge on any atom is 0.235 e. The molecule has 4 N–H and O–H groups in total. The van der Waals surface area contributed by atoms with Gasteiger partial charge in [-0.15, -0.1) is 0 Å². The Labute approximate surface area is 218 Å². The number of fused-ring (bicyclic) bond motifs is 3. The Balaban J connectivity index is 1.75. The number of phenols is 1. The lowest BCUT2D eigenvalue weighted by atomic mass is 9.42. The van der Waals surface area contributed by atoms with Crippen LogP contribution in [0.4, 0.5) is 0 Å². The van der Waals surface area contributed by atoms with Crippen LogP contribution in [0.1, 0.15) is 36.2 Å². The summed E-state index contributed by atoms with van der Waals surface area (Å²) in [5.41, 5.74) is 0.545. The molecule has 2 fully saturated rings. The molecule has 0 saturated heterocycles. The van der Waals surface area contributed by atoms with Crippen molar-refractivity contribution in [2.45, 2.75) is 38.3 Å². The van der Waals surface area contributed by atoms with E-state index in [1.165, 1.54) is 30.3 Å². The number of aliphatic hydroxyl groups is 1. The van der Waals surface area contributed by atoms with Crippen molar-refractivity contribution in [1.82, 2.24) is 14.9 Å². The molecule has 198 valence electrons. The number of carbonyl (C=O) groups is 5. The highest BCUT2D eigenvalue weighted by molar-refractivity contribution is 6.33. The minimum absolute atomic E-state index is 0.0887. The number of primary amides is 1. The molecule has 11 heteroatoms. The number of ketones is 4. The van der Waals surface area contributed by atoms with E-state index in [-0.39, 0.29) is 24.2 Å². The van der Waals surface area contributed by atoms with E-state index < -0.39 is 63.3 Å². The Bertz CT molecular complexity index is 1440. The summed E-state index contributed by atoms with van der Waals surface area (Å²) in [6.07, 6.45) is 3.09. The molecule has 1 amide bonds. The van der Waals surface area contributed by atoms with Crippen LogP contribution in [0.5, 0.6) is 5.75 Å². The summed E-state index contributed by atoms with van der Waals surface area (Å²) in [6, 6.07) is 3.32. The van der Waals surface area contributed by atoms with Crippen LogP contribution in [0.2, 0.25) is 0 Å². The minimum atomic E-state index is -2.83. The molecule has 6 atom stereocenters. The average molecular weight is 521 g/mol. The smallest absolute Gasteiger partial charge is 0.235 e. The van der Waals surface area contributed by atoms with Crippen LogP contribution in [0, 0.1) is 22.7 Å². The molecule has 2 aromatic rings.